The second-order valence-corrected chi connectivity index (χ2v) is 4.66. The van der Waals surface area contributed by atoms with Crippen LogP contribution < -0.4 is 0 Å². The molecule has 4 nitrogen and oxygen atoms in total. The Bertz CT molecular complexity index is 659. The van der Waals surface area contributed by atoms with Gasteiger partial charge in [0.05, 0.1) is 0 Å². The summed E-state index contributed by atoms with van der Waals surface area (Å²) in [6, 6.07) is 9.65. The Labute approximate surface area is 92.3 Å². The van der Waals surface area contributed by atoms with E-state index in [1.165, 1.54) is 6.07 Å². The molecule has 2 aromatic rings. The standard InChI is InChI=1S/C11H8O4S/c12-7-9-6-5-8-3-1-2-4-10(8)11(9)16(13,14)15/h1-7H,(H,13,14,15). The van der Waals surface area contributed by atoms with E-state index in [4.69, 9.17) is 4.55 Å². The molecule has 2 rings (SSSR count). The summed E-state index contributed by atoms with van der Waals surface area (Å²) in [5.41, 5.74) is -0.0406. The molecule has 0 aliphatic carbocycles. The maximum Gasteiger partial charge on any atom is 0.295 e. The van der Waals surface area contributed by atoms with Crippen molar-refractivity contribution in [2.75, 3.05) is 0 Å². The smallest absolute Gasteiger partial charge is 0.295 e. The summed E-state index contributed by atoms with van der Waals surface area (Å²) in [6.07, 6.45) is 0.412. The molecular formula is C11H8O4S. The van der Waals surface area contributed by atoms with Gasteiger partial charge in [-0.15, -0.1) is 0 Å². The van der Waals surface area contributed by atoms with E-state index in [9.17, 15) is 13.2 Å². The van der Waals surface area contributed by atoms with E-state index < -0.39 is 10.1 Å². The summed E-state index contributed by atoms with van der Waals surface area (Å²) in [4.78, 5) is 10.4. The van der Waals surface area contributed by atoms with Crippen LogP contribution in [0.25, 0.3) is 10.8 Å². The minimum Gasteiger partial charge on any atom is -0.298 e. The van der Waals surface area contributed by atoms with Crippen molar-refractivity contribution in [3.63, 3.8) is 0 Å². The Balaban J connectivity index is 3.01. The van der Waals surface area contributed by atoms with Gasteiger partial charge in [-0.2, -0.15) is 8.42 Å². The van der Waals surface area contributed by atoms with E-state index in [-0.39, 0.29) is 10.5 Å². The molecule has 0 atom stereocenters. The van der Waals surface area contributed by atoms with E-state index in [1.807, 2.05) is 0 Å². The normalized spacial score (nSPS) is 11.6. The van der Waals surface area contributed by atoms with Crippen LogP contribution in [0.3, 0.4) is 0 Å². The van der Waals surface area contributed by atoms with Crippen LogP contribution in [-0.2, 0) is 10.1 Å². The summed E-state index contributed by atoms with van der Waals surface area (Å²) in [5, 5.41) is 0.996. The van der Waals surface area contributed by atoms with Crippen LogP contribution in [0.1, 0.15) is 10.4 Å². The summed E-state index contributed by atoms with van der Waals surface area (Å²) < 4.78 is 31.6. The van der Waals surface area contributed by atoms with Crippen molar-refractivity contribution in [1.29, 1.82) is 0 Å². The zero-order chi connectivity index (χ0) is 11.8. The second-order valence-electron chi connectivity index (χ2n) is 3.30. The summed E-state index contributed by atoms with van der Waals surface area (Å²) in [6.45, 7) is 0. The fraction of sp³-hybridized carbons (Fsp3) is 0. The predicted molar refractivity (Wildman–Crippen MR) is 59.2 cm³/mol. The lowest BCUT2D eigenvalue weighted by Gasteiger charge is -2.05. The molecule has 0 aromatic heterocycles. The molecule has 0 saturated carbocycles. The first-order valence-electron chi connectivity index (χ1n) is 4.48. The van der Waals surface area contributed by atoms with Gasteiger partial charge in [0.2, 0.25) is 0 Å². The predicted octanol–water partition coefficient (Wildman–Crippen LogP) is 1.90. The van der Waals surface area contributed by atoms with Crippen LogP contribution in [0.2, 0.25) is 0 Å². The van der Waals surface area contributed by atoms with E-state index in [2.05, 4.69) is 0 Å². The van der Waals surface area contributed by atoms with Gasteiger partial charge in [0, 0.05) is 10.9 Å². The fourth-order valence-electron chi connectivity index (χ4n) is 1.64. The molecule has 82 valence electrons. The molecule has 2 aromatic carbocycles. The molecule has 0 saturated heterocycles. The van der Waals surface area contributed by atoms with E-state index in [0.717, 1.165) is 0 Å². The molecule has 0 aliphatic rings. The first-order valence-corrected chi connectivity index (χ1v) is 5.92. The Morgan fingerprint density at radius 1 is 1.06 bits per heavy atom. The Kier molecular flexibility index (Phi) is 2.49. The summed E-state index contributed by atoms with van der Waals surface area (Å²) in [7, 11) is -4.40. The molecule has 0 amide bonds. The zero-order valence-corrected chi connectivity index (χ0v) is 8.94. The second kappa shape index (κ2) is 3.70. The van der Waals surface area contributed by atoms with E-state index in [1.54, 1.807) is 30.3 Å². The van der Waals surface area contributed by atoms with Crippen LogP contribution in [0, 0.1) is 0 Å². The minimum absolute atomic E-state index is 0.0406. The quantitative estimate of drug-likeness (QED) is 0.638. The SMILES string of the molecule is O=Cc1ccc2ccccc2c1S(=O)(=O)O. The van der Waals surface area contributed by atoms with Gasteiger partial charge in [-0.3, -0.25) is 9.35 Å². The summed E-state index contributed by atoms with van der Waals surface area (Å²) >= 11 is 0. The maximum atomic E-state index is 11.2. The zero-order valence-electron chi connectivity index (χ0n) is 8.12. The van der Waals surface area contributed by atoms with Crippen LogP contribution >= 0.6 is 0 Å². The van der Waals surface area contributed by atoms with E-state index >= 15 is 0 Å². The van der Waals surface area contributed by atoms with Gasteiger partial charge in [0.1, 0.15) is 4.90 Å². The highest BCUT2D eigenvalue weighted by Gasteiger charge is 2.18. The van der Waals surface area contributed by atoms with Crippen molar-refractivity contribution in [2.24, 2.45) is 0 Å². The first-order chi connectivity index (χ1) is 7.54. The van der Waals surface area contributed by atoms with Gasteiger partial charge in [-0.1, -0.05) is 30.3 Å². The van der Waals surface area contributed by atoms with Gasteiger partial charge in [-0.05, 0) is 11.5 Å². The molecular weight excluding hydrogens is 228 g/mol. The number of hydrogen-bond donors (Lipinski definition) is 1. The Morgan fingerprint density at radius 2 is 1.75 bits per heavy atom. The van der Waals surface area contributed by atoms with Crippen molar-refractivity contribution in [1.82, 2.24) is 0 Å². The van der Waals surface area contributed by atoms with Crippen molar-refractivity contribution in [3.8, 4) is 0 Å². The minimum atomic E-state index is -4.40. The highest BCUT2D eigenvalue weighted by atomic mass is 32.2. The maximum absolute atomic E-state index is 11.2. The molecule has 16 heavy (non-hydrogen) atoms. The number of carbonyl (C=O) groups is 1. The first kappa shape index (κ1) is 10.8. The Morgan fingerprint density at radius 3 is 2.38 bits per heavy atom. The molecule has 5 heteroatoms. The average Bonchev–Trinajstić information content (AvgIpc) is 2.26. The molecule has 0 spiro atoms. The monoisotopic (exact) mass is 236 g/mol. The Hall–Kier alpha value is -1.72. The third-order valence-electron chi connectivity index (χ3n) is 2.29. The van der Waals surface area contributed by atoms with Crippen LogP contribution in [-0.4, -0.2) is 19.3 Å². The van der Waals surface area contributed by atoms with Crippen molar-refractivity contribution in [3.05, 3.63) is 42.0 Å². The molecule has 1 N–H and O–H groups in total. The molecule has 0 radical (unpaired) electrons. The average molecular weight is 236 g/mol. The lowest BCUT2D eigenvalue weighted by atomic mass is 10.1. The lowest BCUT2D eigenvalue weighted by molar-refractivity contribution is 0.112. The number of rotatable bonds is 2. The highest BCUT2D eigenvalue weighted by Crippen LogP contribution is 2.25. The van der Waals surface area contributed by atoms with Gasteiger partial charge in [0.15, 0.2) is 6.29 Å². The van der Waals surface area contributed by atoms with Gasteiger partial charge in [-0.25, -0.2) is 0 Å². The number of carbonyl (C=O) groups excluding carboxylic acids is 1. The van der Waals surface area contributed by atoms with Crippen molar-refractivity contribution in [2.45, 2.75) is 4.90 Å². The molecule has 0 heterocycles. The number of fused-ring (bicyclic) bond motifs is 1. The lowest BCUT2D eigenvalue weighted by Crippen LogP contribution is -2.03. The van der Waals surface area contributed by atoms with Crippen LogP contribution in [0.5, 0.6) is 0 Å². The van der Waals surface area contributed by atoms with Crippen LogP contribution in [0.15, 0.2) is 41.3 Å². The third-order valence-corrected chi connectivity index (χ3v) is 3.27. The van der Waals surface area contributed by atoms with Gasteiger partial charge >= 0.3 is 0 Å². The molecule has 0 aliphatic heterocycles. The molecule has 0 bridgehead atoms. The van der Waals surface area contributed by atoms with Crippen molar-refractivity contribution >= 4 is 27.2 Å². The number of benzene rings is 2. The van der Waals surface area contributed by atoms with Gasteiger partial charge < -0.3 is 0 Å². The number of aldehydes is 1. The largest absolute Gasteiger partial charge is 0.298 e. The van der Waals surface area contributed by atoms with E-state index in [0.29, 0.717) is 17.1 Å². The summed E-state index contributed by atoms with van der Waals surface area (Å²) in [5.74, 6) is 0. The number of hydrogen-bond acceptors (Lipinski definition) is 3. The molecule has 0 fully saturated rings. The highest BCUT2D eigenvalue weighted by molar-refractivity contribution is 7.86. The third kappa shape index (κ3) is 1.70. The topological polar surface area (TPSA) is 71.4 Å². The molecule has 0 unspecified atom stereocenters. The fourth-order valence-corrected chi connectivity index (χ4v) is 2.52. The van der Waals surface area contributed by atoms with Gasteiger partial charge in [0.25, 0.3) is 10.1 Å². The van der Waals surface area contributed by atoms with Crippen LogP contribution in [0.4, 0.5) is 0 Å². The van der Waals surface area contributed by atoms with Crippen molar-refractivity contribution < 1.29 is 17.8 Å².